The van der Waals surface area contributed by atoms with Crippen LogP contribution in [0, 0.1) is 0 Å². The molecule has 2 heterocycles. The standard InChI is InChI=1S/C17H17NO2S/c1-2-14-9-10-15(21-14)17(20)12-5-7-13(8-6-12)18-11-3-4-16(18)19/h5-10H,2-4,11H2,1H3. The van der Waals surface area contributed by atoms with E-state index >= 15 is 0 Å². The number of carbonyl (C=O) groups excluding carboxylic acids is 2. The highest BCUT2D eigenvalue weighted by Gasteiger charge is 2.21. The molecule has 0 radical (unpaired) electrons. The van der Waals surface area contributed by atoms with Gasteiger partial charge in [0.2, 0.25) is 11.7 Å². The molecule has 0 unspecified atom stereocenters. The second-order valence-electron chi connectivity index (χ2n) is 5.14. The lowest BCUT2D eigenvalue weighted by molar-refractivity contribution is -0.117. The second-order valence-corrected chi connectivity index (χ2v) is 6.31. The molecule has 0 atom stereocenters. The van der Waals surface area contributed by atoms with E-state index in [1.165, 1.54) is 4.88 Å². The minimum atomic E-state index is 0.0546. The number of aryl methyl sites for hydroxylation is 1. The molecule has 1 saturated heterocycles. The molecule has 0 aliphatic carbocycles. The predicted molar refractivity (Wildman–Crippen MR) is 85.2 cm³/mol. The maximum Gasteiger partial charge on any atom is 0.227 e. The van der Waals surface area contributed by atoms with Crippen molar-refractivity contribution in [2.45, 2.75) is 26.2 Å². The number of nitrogens with zero attached hydrogens (tertiary/aromatic N) is 1. The number of carbonyl (C=O) groups is 2. The number of rotatable bonds is 4. The summed E-state index contributed by atoms with van der Waals surface area (Å²) in [5.74, 6) is 0.221. The van der Waals surface area contributed by atoms with Crippen LogP contribution in [0.1, 0.15) is 39.9 Å². The van der Waals surface area contributed by atoms with E-state index < -0.39 is 0 Å². The Kier molecular flexibility index (Phi) is 3.88. The van der Waals surface area contributed by atoms with Crippen molar-refractivity contribution in [1.29, 1.82) is 0 Å². The molecule has 108 valence electrons. The number of amides is 1. The lowest BCUT2D eigenvalue weighted by Gasteiger charge is -2.15. The molecule has 21 heavy (non-hydrogen) atoms. The number of hydrogen-bond acceptors (Lipinski definition) is 3. The smallest absolute Gasteiger partial charge is 0.227 e. The monoisotopic (exact) mass is 299 g/mol. The molecule has 0 spiro atoms. The van der Waals surface area contributed by atoms with E-state index in [0.29, 0.717) is 12.0 Å². The topological polar surface area (TPSA) is 37.4 Å². The largest absolute Gasteiger partial charge is 0.312 e. The van der Waals surface area contributed by atoms with Gasteiger partial charge in [0.15, 0.2) is 0 Å². The van der Waals surface area contributed by atoms with Crippen LogP contribution in [0.4, 0.5) is 5.69 Å². The number of benzene rings is 1. The summed E-state index contributed by atoms with van der Waals surface area (Å²) < 4.78 is 0. The first kappa shape index (κ1) is 14.0. The number of ketones is 1. The molecule has 4 heteroatoms. The fraction of sp³-hybridized carbons (Fsp3) is 0.294. The zero-order valence-corrected chi connectivity index (χ0v) is 12.8. The number of anilines is 1. The van der Waals surface area contributed by atoms with Crippen molar-refractivity contribution in [1.82, 2.24) is 0 Å². The average molecular weight is 299 g/mol. The van der Waals surface area contributed by atoms with Gasteiger partial charge in [-0.15, -0.1) is 11.3 Å². The van der Waals surface area contributed by atoms with E-state index in [1.807, 2.05) is 36.4 Å². The van der Waals surface area contributed by atoms with Crippen molar-refractivity contribution in [3.05, 3.63) is 51.7 Å². The van der Waals surface area contributed by atoms with Gasteiger partial charge in [-0.25, -0.2) is 0 Å². The van der Waals surface area contributed by atoms with Crippen LogP contribution in [0.3, 0.4) is 0 Å². The molecule has 0 bridgehead atoms. The predicted octanol–water partition coefficient (Wildman–Crippen LogP) is 3.67. The van der Waals surface area contributed by atoms with E-state index in [2.05, 4.69) is 6.92 Å². The third-order valence-electron chi connectivity index (χ3n) is 3.75. The van der Waals surface area contributed by atoms with Crippen molar-refractivity contribution in [2.75, 3.05) is 11.4 Å². The maximum atomic E-state index is 12.4. The molecule has 3 rings (SSSR count). The fourth-order valence-electron chi connectivity index (χ4n) is 2.55. The molecule has 2 aromatic rings. The number of hydrogen-bond donors (Lipinski definition) is 0. The molecule has 1 fully saturated rings. The fourth-order valence-corrected chi connectivity index (χ4v) is 3.46. The van der Waals surface area contributed by atoms with Gasteiger partial charge in [-0.1, -0.05) is 6.92 Å². The van der Waals surface area contributed by atoms with E-state index in [4.69, 9.17) is 0 Å². The van der Waals surface area contributed by atoms with Crippen molar-refractivity contribution in [3.8, 4) is 0 Å². The Morgan fingerprint density at radius 3 is 2.52 bits per heavy atom. The second kappa shape index (κ2) is 5.82. The molecule has 1 aromatic heterocycles. The van der Waals surface area contributed by atoms with Crippen molar-refractivity contribution in [3.63, 3.8) is 0 Å². The van der Waals surface area contributed by atoms with Gasteiger partial charge in [0.25, 0.3) is 0 Å². The van der Waals surface area contributed by atoms with Gasteiger partial charge in [-0.05, 0) is 49.2 Å². The normalized spacial score (nSPS) is 14.7. The highest BCUT2D eigenvalue weighted by atomic mass is 32.1. The molecule has 1 aromatic carbocycles. The van der Waals surface area contributed by atoms with Crippen LogP contribution in [0.15, 0.2) is 36.4 Å². The van der Waals surface area contributed by atoms with Gasteiger partial charge in [0, 0.05) is 29.1 Å². The zero-order valence-electron chi connectivity index (χ0n) is 12.0. The SMILES string of the molecule is CCc1ccc(C(=O)c2ccc(N3CCCC3=O)cc2)s1. The summed E-state index contributed by atoms with van der Waals surface area (Å²) in [6.07, 6.45) is 2.48. The minimum absolute atomic E-state index is 0.0546. The van der Waals surface area contributed by atoms with E-state index in [9.17, 15) is 9.59 Å². The van der Waals surface area contributed by atoms with Crippen LogP contribution in [0.2, 0.25) is 0 Å². The van der Waals surface area contributed by atoms with Crippen LogP contribution in [0.5, 0.6) is 0 Å². The zero-order chi connectivity index (χ0) is 14.8. The summed E-state index contributed by atoms with van der Waals surface area (Å²) in [4.78, 5) is 27.9. The van der Waals surface area contributed by atoms with E-state index in [-0.39, 0.29) is 11.7 Å². The first-order chi connectivity index (χ1) is 10.2. The van der Waals surface area contributed by atoms with Crippen molar-refractivity contribution < 1.29 is 9.59 Å². The Labute approximate surface area is 128 Å². The molecular weight excluding hydrogens is 282 g/mol. The van der Waals surface area contributed by atoms with Crippen molar-refractivity contribution in [2.24, 2.45) is 0 Å². The quantitative estimate of drug-likeness (QED) is 0.808. The molecule has 3 nitrogen and oxygen atoms in total. The highest BCUT2D eigenvalue weighted by molar-refractivity contribution is 7.14. The van der Waals surface area contributed by atoms with Gasteiger partial charge in [0.1, 0.15) is 0 Å². The summed E-state index contributed by atoms with van der Waals surface area (Å²) in [5.41, 5.74) is 1.56. The third kappa shape index (κ3) is 2.76. The lowest BCUT2D eigenvalue weighted by atomic mass is 10.1. The summed E-state index contributed by atoms with van der Waals surface area (Å²) in [7, 11) is 0. The molecular formula is C17H17NO2S. The Morgan fingerprint density at radius 1 is 1.19 bits per heavy atom. The van der Waals surface area contributed by atoms with Crippen molar-refractivity contribution >= 4 is 28.7 Å². The molecule has 0 saturated carbocycles. The first-order valence-corrected chi connectivity index (χ1v) is 8.04. The van der Waals surface area contributed by atoms with Gasteiger partial charge < -0.3 is 4.90 Å². The van der Waals surface area contributed by atoms with Crippen LogP contribution >= 0.6 is 11.3 Å². The number of thiophene rings is 1. The Balaban J connectivity index is 1.80. The van der Waals surface area contributed by atoms with Crippen LogP contribution in [-0.4, -0.2) is 18.2 Å². The Morgan fingerprint density at radius 2 is 1.95 bits per heavy atom. The first-order valence-electron chi connectivity index (χ1n) is 7.23. The molecule has 0 N–H and O–H groups in total. The Hall–Kier alpha value is -1.94. The Bertz CT molecular complexity index is 672. The van der Waals surface area contributed by atoms with Crippen LogP contribution in [0.25, 0.3) is 0 Å². The summed E-state index contributed by atoms with van der Waals surface area (Å²) in [5, 5.41) is 0. The minimum Gasteiger partial charge on any atom is -0.312 e. The summed E-state index contributed by atoms with van der Waals surface area (Å²) in [6.45, 7) is 2.86. The lowest BCUT2D eigenvalue weighted by Crippen LogP contribution is -2.23. The molecule has 1 amide bonds. The average Bonchev–Trinajstić information content (AvgIpc) is 3.15. The van der Waals surface area contributed by atoms with E-state index in [1.54, 1.807) is 16.2 Å². The van der Waals surface area contributed by atoms with E-state index in [0.717, 1.165) is 30.0 Å². The maximum absolute atomic E-state index is 12.4. The summed E-state index contributed by atoms with van der Waals surface area (Å²) in [6, 6.07) is 11.3. The van der Waals surface area contributed by atoms with Crippen LogP contribution in [-0.2, 0) is 11.2 Å². The van der Waals surface area contributed by atoms with Gasteiger partial charge >= 0.3 is 0 Å². The van der Waals surface area contributed by atoms with Gasteiger partial charge in [-0.3, -0.25) is 9.59 Å². The molecule has 1 aliphatic heterocycles. The highest BCUT2D eigenvalue weighted by Crippen LogP contribution is 2.24. The van der Waals surface area contributed by atoms with Crippen LogP contribution < -0.4 is 4.90 Å². The third-order valence-corrected chi connectivity index (χ3v) is 4.98. The van der Waals surface area contributed by atoms with Gasteiger partial charge in [-0.2, -0.15) is 0 Å². The van der Waals surface area contributed by atoms with Gasteiger partial charge in [0.05, 0.1) is 4.88 Å². The summed E-state index contributed by atoms with van der Waals surface area (Å²) >= 11 is 1.55. The molecule has 1 aliphatic rings.